The number of hydrogen-bond acceptors (Lipinski definition) is 2. The number of rotatable bonds is 1. The number of aromatic hydroxyl groups is 2. The van der Waals surface area contributed by atoms with Gasteiger partial charge >= 0.3 is 0 Å². The number of benzene rings is 2. The van der Waals surface area contributed by atoms with Crippen LogP contribution in [0, 0.1) is 13.8 Å². The van der Waals surface area contributed by atoms with E-state index in [1.54, 1.807) is 38.1 Å². The van der Waals surface area contributed by atoms with Gasteiger partial charge in [-0.3, -0.25) is 0 Å². The molecular formula is C14H12Cl2O2. The zero-order chi connectivity index (χ0) is 13.4. The van der Waals surface area contributed by atoms with Crippen molar-refractivity contribution in [1.29, 1.82) is 0 Å². The normalized spacial score (nSPS) is 10.7. The summed E-state index contributed by atoms with van der Waals surface area (Å²) >= 11 is 12.0. The van der Waals surface area contributed by atoms with Gasteiger partial charge in [0.25, 0.3) is 0 Å². The largest absolute Gasteiger partial charge is 0.507 e. The predicted molar refractivity (Wildman–Crippen MR) is 74.7 cm³/mol. The summed E-state index contributed by atoms with van der Waals surface area (Å²) < 4.78 is 0. The monoisotopic (exact) mass is 282 g/mol. The minimum Gasteiger partial charge on any atom is -0.507 e. The van der Waals surface area contributed by atoms with Crippen molar-refractivity contribution >= 4 is 23.2 Å². The summed E-state index contributed by atoms with van der Waals surface area (Å²) in [6.07, 6.45) is 0. The Bertz CT molecular complexity index is 566. The van der Waals surface area contributed by atoms with Crippen LogP contribution in [0.3, 0.4) is 0 Å². The summed E-state index contributed by atoms with van der Waals surface area (Å²) in [5.41, 5.74) is 2.25. The van der Waals surface area contributed by atoms with E-state index in [-0.39, 0.29) is 11.5 Å². The fourth-order valence-electron chi connectivity index (χ4n) is 1.88. The summed E-state index contributed by atoms with van der Waals surface area (Å²) in [5, 5.41) is 21.1. The molecule has 0 bridgehead atoms. The number of phenols is 2. The van der Waals surface area contributed by atoms with Crippen molar-refractivity contribution in [3.05, 3.63) is 45.4 Å². The van der Waals surface area contributed by atoms with Crippen LogP contribution in [0.5, 0.6) is 11.5 Å². The van der Waals surface area contributed by atoms with Crippen LogP contribution in [-0.4, -0.2) is 10.2 Å². The molecule has 0 amide bonds. The van der Waals surface area contributed by atoms with Crippen molar-refractivity contribution in [2.75, 3.05) is 0 Å². The van der Waals surface area contributed by atoms with Crippen molar-refractivity contribution in [1.82, 2.24) is 0 Å². The first-order chi connectivity index (χ1) is 8.40. The standard InChI is InChI=1S/C14H12Cl2O2/c1-7-3-9(15)5-11(13(7)17)12-6-10(16)4-8(2)14(12)18/h3-6,17-18H,1-2H3. The summed E-state index contributed by atoms with van der Waals surface area (Å²) in [7, 11) is 0. The molecule has 0 unspecified atom stereocenters. The molecule has 4 heteroatoms. The Labute approximate surface area is 115 Å². The van der Waals surface area contributed by atoms with Crippen LogP contribution in [0.15, 0.2) is 24.3 Å². The van der Waals surface area contributed by atoms with E-state index in [1.165, 1.54) is 0 Å². The van der Waals surface area contributed by atoms with E-state index >= 15 is 0 Å². The van der Waals surface area contributed by atoms with Gasteiger partial charge in [-0.1, -0.05) is 23.2 Å². The lowest BCUT2D eigenvalue weighted by Gasteiger charge is -2.12. The maximum Gasteiger partial charge on any atom is 0.126 e. The number of aryl methyl sites for hydroxylation is 2. The first-order valence-electron chi connectivity index (χ1n) is 5.38. The molecule has 18 heavy (non-hydrogen) atoms. The van der Waals surface area contributed by atoms with Crippen LogP contribution in [0.2, 0.25) is 10.0 Å². The van der Waals surface area contributed by atoms with Crippen molar-refractivity contribution in [3.8, 4) is 22.6 Å². The zero-order valence-corrected chi connectivity index (χ0v) is 11.5. The van der Waals surface area contributed by atoms with Crippen LogP contribution in [0.1, 0.15) is 11.1 Å². The third-order valence-electron chi connectivity index (χ3n) is 2.82. The summed E-state index contributed by atoms with van der Waals surface area (Å²) in [6.45, 7) is 3.50. The van der Waals surface area contributed by atoms with E-state index in [1.807, 2.05) is 0 Å². The molecule has 0 aliphatic rings. The van der Waals surface area contributed by atoms with Crippen LogP contribution in [-0.2, 0) is 0 Å². The highest BCUT2D eigenvalue weighted by atomic mass is 35.5. The van der Waals surface area contributed by atoms with Crippen LogP contribution < -0.4 is 0 Å². The van der Waals surface area contributed by atoms with Gasteiger partial charge in [-0.05, 0) is 49.2 Å². The molecular weight excluding hydrogens is 271 g/mol. The van der Waals surface area contributed by atoms with E-state index in [2.05, 4.69) is 0 Å². The number of phenolic OH excluding ortho intramolecular Hbond substituents is 2. The zero-order valence-electron chi connectivity index (χ0n) is 9.96. The van der Waals surface area contributed by atoms with Gasteiger partial charge in [-0.2, -0.15) is 0 Å². The maximum atomic E-state index is 10.1. The summed E-state index contributed by atoms with van der Waals surface area (Å²) in [5.74, 6) is 0.188. The first-order valence-corrected chi connectivity index (χ1v) is 6.14. The second kappa shape index (κ2) is 4.71. The van der Waals surface area contributed by atoms with Crippen LogP contribution >= 0.6 is 23.2 Å². The Balaban J connectivity index is 2.77. The van der Waals surface area contributed by atoms with Gasteiger partial charge < -0.3 is 10.2 Å². The highest BCUT2D eigenvalue weighted by molar-refractivity contribution is 6.31. The lowest BCUT2D eigenvalue weighted by Crippen LogP contribution is -1.87. The van der Waals surface area contributed by atoms with E-state index in [0.29, 0.717) is 32.3 Å². The molecule has 0 radical (unpaired) electrons. The fourth-order valence-corrected chi connectivity index (χ4v) is 2.43. The Morgan fingerprint density at radius 3 is 1.39 bits per heavy atom. The highest BCUT2D eigenvalue weighted by Crippen LogP contribution is 2.41. The van der Waals surface area contributed by atoms with Gasteiger partial charge in [-0.15, -0.1) is 0 Å². The Hall–Kier alpha value is -1.38. The third-order valence-corrected chi connectivity index (χ3v) is 3.26. The van der Waals surface area contributed by atoms with E-state index in [4.69, 9.17) is 23.2 Å². The van der Waals surface area contributed by atoms with E-state index < -0.39 is 0 Å². The predicted octanol–water partition coefficient (Wildman–Crippen LogP) is 4.69. The van der Waals surface area contributed by atoms with Gasteiger partial charge in [0.15, 0.2) is 0 Å². The fraction of sp³-hybridized carbons (Fsp3) is 0.143. The second-order valence-corrected chi connectivity index (χ2v) is 5.11. The first kappa shape index (κ1) is 13.1. The molecule has 2 aromatic carbocycles. The van der Waals surface area contributed by atoms with Gasteiger partial charge in [-0.25, -0.2) is 0 Å². The summed E-state index contributed by atoms with van der Waals surface area (Å²) in [4.78, 5) is 0. The SMILES string of the molecule is Cc1cc(Cl)cc(-c2cc(Cl)cc(C)c2O)c1O. The van der Waals surface area contributed by atoms with Crippen LogP contribution in [0.25, 0.3) is 11.1 Å². The van der Waals surface area contributed by atoms with Crippen molar-refractivity contribution in [2.24, 2.45) is 0 Å². The molecule has 0 atom stereocenters. The molecule has 0 spiro atoms. The number of hydrogen-bond donors (Lipinski definition) is 2. The molecule has 0 aromatic heterocycles. The highest BCUT2D eigenvalue weighted by Gasteiger charge is 2.14. The smallest absolute Gasteiger partial charge is 0.126 e. The quantitative estimate of drug-likeness (QED) is 0.797. The third kappa shape index (κ3) is 2.26. The topological polar surface area (TPSA) is 40.5 Å². The molecule has 0 fully saturated rings. The van der Waals surface area contributed by atoms with Gasteiger partial charge in [0, 0.05) is 21.2 Å². The van der Waals surface area contributed by atoms with Gasteiger partial charge in [0.1, 0.15) is 11.5 Å². The Kier molecular flexibility index (Phi) is 3.42. The molecule has 0 saturated carbocycles. The molecule has 2 nitrogen and oxygen atoms in total. The Morgan fingerprint density at radius 1 is 0.722 bits per heavy atom. The molecule has 2 N–H and O–H groups in total. The minimum atomic E-state index is 0.0939. The molecule has 0 saturated heterocycles. The Morgan fingerprint density at radius 2 is 1.06 bits per heavy atom. The van der Waals surface area contributed by atoms with Crippen molar-refractivity contribution in [2.45, 2.75) is 13.8 Å². The molecule has 2 aromatic rings. The average Bonchev–Trinajstić information content (AvgIpc) is 2.28. The van der Waals surface area contributed by atoms with Gasteiger partial charge in [0.05, 0.1) is 0 Å². The second-order valence-electron chi connectivity index (χ2n) is 4.24. The van der Waals surface area contributed by atoms with Crippen LogP contribution in [0.4, 0.5) is 0 Å². The number of halogens is 2. The van der Waals surface area contributed by atoms with Crippen molar-refractivity contribution in [3.63, 3.8) is 0 Å². The maximum absolute atomic E-state index is 10.1. The lowest BCUT2D eigenvalue weighted by molar-refractivity contribution is 0.465. The lowest BCUT2D eigenvalue weighted by atomic mass is 9.99. The molecule has 0 aliphatic heterocycles. The average molecular weight is 283 g/mol. The minimum absolute atomic E-state index is 0.0939. The van der Waals surface area contributed by atoms with Crippen molar-refractivity contribution < 1.29 is 10.2 Å². The van der Waals surface area contributed by atoms with E-state index in [9.17, 15) is 10.2 Å². The summed E-state index contributed by atoms with van der Waals surface area (Å²) in [6, 6.07) is 6.53. The molecule has 0 heterocycles. The molecule has 2 rings (SSSR count). The van der Waals surface area contributed by atoms with E-state index in [0.717, 1.165) is 0 Å². The molecule has 94 valence electrons. The van der Waals surface area contributed by atoms with Gasteiger partial charge in [0.2, 0.25) is 0 Å². The molecule has 0 aliphatic carbocycles.